The summed E-state index contributed by atoms with van der Waals surface area (Å²) in [4.78, 5) is 4.69. The summed E-state index contributed by atoms with van der Waals surface area (Å²) in [7, 11) is 0. The maximum Gasteiger partial charge on any atom is 0.244 e. The van der Waals surface area contributed by atoms with Gasteiger partial charge in [0, 0.05) is 5.92 Å². The van der Waals surface area contributed by atoms with Gasteiger partial charge in [-0.2, -0.15) is 4.98 Å². The fourth-order valence-corrected chi connectivity index (χ4v) is 3.60. The van der Waals surface area contributed by atoms with Gasteiger partial charge in [0.15, 0.2) is 5.82 Å². The molecule has 0 bridgehead atoms. The third-order valence-electron chi connectivity index (χ3n) is 4.98. The lowest BCUT2D eigenvalue weighted by Gasteiger charge is -2.26. The minimum absolute atomic E-state index is 0.262. The number of aromatic nitrogens is 2. The highest BCUT2D eigenvalue weighted by molar-refractivity contribution is 5.03. The van der Waals surface area contributed by atoms with Crippen molar-refractivity contribution in [2.45, 2.75) is 64.3 Å². The molecule has 1 N–H and O–H groups in total. The van der Waals surface area contributed by atoms with Crippen molar-refractivity contribution in [3.05, 3.63) is 11.7 Å². The Labute approximate surface area is 115 Å². The minimum Gasteiger partial charge on any atom is -0.338 e. The lowest BCUT2D eigenvalue weighted by atomic mass is 9.93. The highest BCUT2D eigenvalue weighted by Gasteiger charge is 2.31. The van der Waals surface area contributed by atoms with Gasteiger partial charge in [0.1, 0.15) is 0 Å². The molecular formula is C15H25N3O. The third kappa shape index (κ3) is 2.69. The summed E-state index contributed by atoms with van der Waals surface area (Å²) < 4.78 is 5.53. The second-order valence-electron chi connectivity index (χ2n) is 6.33. The zero-order chi connectivity index (χ0) is 13.2. The predicted octanol–water partition coefficient (Wildman–Crippen LogP) is 3.42. The Balaban J connectivity index is 1.69. The van der Waals surface area contributed by atoms with Crippen LogP contribution in [0, 0.1) is 11.8 Å². The van der Waals surface area contributed by atoms with Gasteiger partial charge < -0.3 is 9.84 Å². The number of piperidine rings is 1. The van der Waals surface area contributed by atoms with Crippen molar-refractivity contribution in [2.75, 3.05) is 6.54 Å². The molecule has 4 unspecified atom stereocenters. The molecule has 1 saturated carbocycles. The number of nitrogens with one attached hydrogen (secondary N) is 1. The molecule has 4 nitrogen and oxygen atoms in total. The van der Waals surface area contributed by atoms with Crippen LogP contribution in [0.2, 0.25) is 0 Å². The van der Waals surface area contributed by atoms with Gasteiger partial charge in [0.25, 0.3) is 0 Å². The maximum atomic E-state index is 5.53. The second kappa shape index (κ2) is 5.61. The highest BCUT2D eigenvalue weighted by Crippen LogP contribution is 2.39. The SMILES string of the molecule is CCC1CCC(c2noc(C3NCCCC3C)n2)C1. The first-order chi connectivity index (χ1) is 9.28. The molecule has 3 rings (SSSR count). The van der Waals surface area contributed by atoms with Crippen LogP contribution < -0.4 is 5.32 Å². The molecule has 2 heterocycles. The van der Waals surface area contributed by atoms with E-state index in [1.807, 2.05) is 0 Å². The molecule has 106 valence electrons. The Morgan fingerprint density at radius 3 is 2.95 bits per heavy atom. The molecule has 2 aliphatic rings. The van der Waals surface area contributed by atoms with E-state index in [-0.39, 0.29) is 6.04 Å². The summed E-state index contributed by atoms with van der Waals surface area (Å²) in [5.41, 5.74) is 0. The zero-order valence-corrected chi connectivity index (χ0v) is 12.1. The average molecular weight is 263 g/mol. The minimum atomic E-state index is 0.262. The summed E-state index contributed by atoms with van der Waals surface area (Å²) in [5.74, 6) is 3.74. The van der Waals surface area contributed by atoms with Crippen LogP contribution in [0.15, 0.2) is 4.52 Å². The summed E-state index contributed by atoms with van der Waals surface area (Å²) in [6.45, 7) is 5.61. The van der Waals surface area contributed by atoms with Crippen LogP contribution in [0.3, 0.4) is 0 Å². The van der Waals surface area contributed by atoms with Crippen LogP contribution in [-0.4, -0.2) is 16.7 Å². The summed E-state index contributed by atoms with van der Waals surface area (Å²) >= 11 is 0. The molecule has 19 heavy (non-hydrogen) atoms. The monoisotopic (exact) mass is 263 g/mol. The molecule has 2 fully saturated rings. The first-order valence-corrected chi connectivity index (χ1v) is 7.84. The van der Waals surface area contributed by atoms with E-state index in [2.05, 4.69) is 24.3 Å². The predicted molar refractivity (Wildman–Crippen MR) is 73.8 cm³/mol. The van der Waals surface area contributed by atoms with Gasteiger partial charge in [-0.15, -0.1) is 0 Å². The molecule has 1 aliphatic heterocycles. The third-order valence-corrected chi connectivity index (χ3v) is 4.98. The molecule has 0 radical (unpaired) electrons. The summed E-state index contributed by atoms with van der Waals surface area (Å²) in [5, 5.41) is 7.76. The van der Waals surface area contributed by atoms with Crippen molar-refractivity contribution >= 4 is 0 Å². The van der Waals surface area contributed by atoms with Crippen LogP contribution in [0.5, 0.6) is 0 Å². The lowest BCUT2D eigenvalue weighted by molar-refractivity contribution is 0.238. The maximum absolute atomic E-state index is 5.53. The quantitative estimate of drug-likeness (QED) is 0.907. The van der Waals surface area contributed by atoms with Crippen molar-refractivity contribution in [1.29, 1.82) is 0 Å². The van der Waals surface area contributed by atoms with E-state index in [0.717, 1.165) is 24.2 Å². The lowest BCUT2D eigenvalue weighted by Crippen LogP contribution is -2.33. The van der Waals surface area contributed by atoms with Gasteiger partial charge in [-0.25, -0.2) is 0 Å². The van der Waals surface area contributed by atoms with Crippen molar-refractivity contribution in [1.82, 2.24) is 15.5 Å². The Morgan fingerprint density at radius 1 is 1.32 bits per heavy atom. The molecular weight excluding hydrogens is 238 g/mol. The highest BCUT2D eigenvalue weighted by atomic mass is 16.5. The molecule has 0 aromatic carbocycles. The Morgan fingerprint density at radius 2 is 2.21 bits per heavy atom. The standard InChI is InChI=1S/C15H25N3O/c1-3-11-6-7-12(9-11)14-17-15(19-18-14)13-10(2)5-4-8-16-13/h10-13,16H,3-9H2,1-2H3. The van der Waals surface area contributed by atoms with E-state index in [1.54, 1.807) is 0 Å². The first-order valence-electron chi connectivity index (χ1n) is 7.84. The number of nitrogens with zero attached hydrogens (tertiary/aromatic N) is 2. The summed E-state index contributed by atoms with van der Waals surface area (Å²) in [6, 6.07) is 0.262. The Hall–Kier alpha value is -0.900. The molecule has 1 aliphatic carbocycles. The fraction of sp³-hybridized carbons (Fsp3) is 0.867. The molecule has 4 heteroatoms. The van der Waals surface area contributed by atoms with Crippen molar-refractivity contribution < 1.29 is 4.52 Å². The first kappa shape index (κ1) is 13.1. The number of hydrogen-bond donors (Lipinski definition) is 1. The van der Waals surface area contributed by atoms with Crippen LogP contribution in [0.4, 0.5) is 0 Å². The Kier molecular flexibility index (Phi) is 3.87. The van der Waals surface area contributed by atoms with E-state index >= 15 is 0 Å². The van der Waals surface area contributed by atoms with E-state index in [0.29, 0.717) is 11.8 Å². The van der Waals surface area contributed by atoms with E-state index in [4.69, 9.17) is 9.51 Å². The van der Waals surface area contributed by atoms with E-state index < -0.39 is 0 Å². The van der Waals surface area contributed by atoms with E-state index in [1.165, 1.54) is 38.5 Å². The van der Waals surface area contributed by atoms with Gasteiger partial charge in [-0.3, -0.25) is 0 Å². The normalized spacial score (nSPS) is 35.7. The van der Waals surface area contributed by atoms with Gasteiger partial charge >= 0.3 is 0 Å². The van der Waals surface area contributed by atoms with Gasteiger partial charge in [-0.1, -0.05) is 25.4 Å². The Bertz CT molecular complexity index is 417. The van der Waals surface area contributed by atoms with Gasteiger partial charge in [0.05, 0.1) is 6.04 Å². The van der Waals surface area contributed by atoms with Crippen LogP contribution >= 0.6 is 0 Å². The van der Waals surface area contributed by atoms with Crippen LogP contribution in [0.1, 0.15) is 76.0 Å². The fourth-order valence-electron chi connectivity index (χ4n) is 3.60. The molecule has 1 saturated heterocycles. The second-order valence-corrected chi connectivity index (χ2v) is 6.33. The van der Waals surface area contributed by atoms with E-state index in [9.17, 15) is 0 Å². The van der Waals surface area contributed by atoms with Gasteiger partial charge in [0.2, 0.25) is 5.89 Å². The van der Waals surface area contributed by atoms with Gasteiger partial charge in [-0.05, 0) is 50.5 Å². The molecule has 0 amide bonds. The average Bonchev–Trinajstić information content (AvgIpc) is 3.08. The van der Waals surface area contributed by atoms with Crippen molar-refractivity contribution in [3.63, 3.8) is 0 Å². The molecule has 1 aromatic rings. The molecule has 1 aromatic heterocycles. The van der Waals surface area contributed by atoms with Crippen molar-refractivity contribution in [2.24, 2.45) is 11.8 Å². The molecule has 4 atom stereocenters. The van der Waals surface area contributed by atoms with Crippen LogP contribution in [-0.2, 0) is 0 Å². The molecule has 0 spiro atoms. The summed E-state index contributed by atoms with van der Waals surface area (Å²) in [6.07, 6.45) is 7.57. The number of hydrogen-bond acceptors (Lipinski definition) is 4. The van der Waals surface area contributed by atoms with Crippen molar-refractivity contribution in [3.8, 4) is 0 Å². The largest absolute Gasteiger partial charge is 0.338 e. The zero-order valence-electron chi connectivity index (χ0n) is 12.1. The number of rotatable bonds is 3. The topological polar surface area (TPSA) is 51.0 Å². The van der Waals surface area contributed by atoms with Crippen LogP contribution in [0.25, 0.3) is 0 Å². The smallest absolute Gasteiger partial charge is 0.244 e.